The Bertz CT molecular complexity index is 1640. The van der Waals surface area contributed by atoms with Gasteiger partial charge in [-0.05, 0) is 88.2 Å². The summed E-state index contributed by atoms with van der Waals surface area (Å²) in [7, 11) is -4.04. The van der Waals surface area contributed by atoms with Crippen LogP contribution in [0.4, 0.5) is 10.1 Å². The number of para-hydroxylation sites is 1. The van der Waals surface area contributed by atoms with E-state index in [-0.39, 0.29) is 10.7 Å². The van der Waals surface area contributed by atoms with Gasteiger partial charge in [0.15, 0.2) is 0 Å². The molecule has 0 atom stereocenters. The first-order chi connectivity index (χ1) is 18.5. The fraction of sp³-hybridized carbons (Fsp3) is 0.200. The number of amides is 1. The van der Waals surface area contributed by atoms with Crippen LogP contribution in [0.15, 0.2) is 82.8 Å². The minimum atomic E-state index is -4.04. The van der Waals surface area contributed by atoms with Crippen LogP contribution in [-0.4, -0.2) is 31.7 Å². The molecule has 0 aliphatic rings. The van der Waals surface area contributed by atoms with E-state index in [2.05, 4.69) is 10.5 Å². The molecule has 0 radical (unpaired) electrons. The lowest BCUT2D eigenvalue weighted by molar-refractivity contribution is -0.119. The number of nitrogens with one attached hydrogen (secondary N) is 1. The molecule has 0 aliphatic carbocycles. The van der Waals surface area contributed by atoms with Crippen LogP contribution in [0.5, 0.6) is 0 Å². The van der Waals surface area contributed by atoms with Crippen LogP contribution in [-0.2, 0) is 14.8 Å². The van der Waals surface area contributed by atoms with E-state index in [4.69, 9.17) is 0 Å². The van der Waals surface area contributed by atoms with Crippen LogP contribution in [0, 0.1) is 40.4 Å². The van der Waals surface area contributed by atoms with Gasteiger partial charge in [-0.2, -0.15) is 5.10 Å². The van der Waals surface area contributed by atoms with Crippen LogP contribution in [0.25, 0.3) is 5.69 Å². The molecule has 0 unspecified atom stereocenters. The number of aryl methyl sites for hydroxylation is 4. The van der Waals surface area contributed by atoms with Crippen LogP contribution in [0.2, 0.25) is 0 Å². The van der Waals surface area contributed by atoms with Gasteiger partial charge in [0.05, 0.1) is 22.5 Å². The highest BCUT2D eigenvalue weighted by Gasteiger charge is 2.27. The molecule has 0 spiro atoms. The van der Waals surface area contributed by atoms with Gasteiger partial charge in [0.2, 0.25) is 0 Å². The highest BCUT2D eigenvalue weighted by Crippen LogP contribution is 2.26. The molecular formula is C30H31FN4O3S. The minimum absolute atomic E-state index is 0.0872. The largest absolute Gasteiger partial charge is 0.315 e. The number of hydrogen-bond acceptors (Lipinski definition) is 4. The van der Waals surface area contributed by atoms with E-state index in [1.54, 1.807) is 47.0 Å². The summed E-state index contributed by atoms with van der Waals surface area (Å²) in [4.78, 5) is 13.0. The number of hydrazone groups is 1. The summed E-state index contributed by atoms with van der Waals surface area (Å²) in [5.74, 6) is -0.957. The molecule has 39 heavy (non-hydrogen) atoms. The summed E-state index contributed by atoms with van der Waals surface area (Å²) in [5, 5.41) is 4.07. The third-order valence-electron chi connectivity index (χ3n) is 6.35. The number of halogens is 1. The van der Waals surface area contributed by atoms with Gasteiger partial charge in [0, 0.05) is 17.0 Å². The lowest BCUT2D eigenvalue weighted by Gasteiger charge is -2.24. The lowest BCUT2D eigenvalue weighted by atomic mass is 10.1. The normalized spacial score (nSPS) is 11.6. The van der Waals surface area contributed by atoms with E-state index in [0.717, 1.165) is 32.4 Å². The Kier molecular flexibility index (Phi) is 8.01. The van der Waals surface area contributed by atoms with Gasteiger partial charge >= 0.3 is 0 Å². The first kappa shape index (κ1) is 27.8. The monoisotopic (exact) mass is 546 g/mol. The van der Waals surface area contributed by atoms with Gasteiger partial charge in [-0.25, -0.2) is 18.2 Å². The summed E-state index contributed by atoms with van der Waals surface area (Å²) in [6.07, 6.45) is 1.47. The Morgan fingerprint density at radius 2 is 1.56 bits per heavy atom. The van der Waals surface area contributed by atoms with Gasteiger partial charge in [-0.3, -0.25) is 9.10 Å². The average molecular weight is 547 g/mol. The lowest BCUT2D eigenvalue weighted by Crippen LogP contribution is -2.39. The molecule has 9 heteroatoms. The van der Waals surface area contributed by atoms with Crippen molar-refractivity contribution in [3.63, 3.8) is 0 Å². The molecule has 0 bridgehead atoms. The first-order valence-corrected chi connectivity index (χ1v) is 13.8. The number of carbonyl (C=O) groups excluding carboxylic acids is 1. The second-order valence-electron chi connectivity index (χ2n) is 9.58. The van der Waals surface area contributed by atoms with E-state index < -0.39 is 22.5 Å². The Labute approximate surface area is 228 Å². The van der Waals surface area contributed by atoms with E-state index in [1.165, 1.54) is 24.4 Å². The van der Waals surface area contributed by atoms with Crippen LogP contribution >= 0.6 is 0 Å². The Balaban J connectivity index is 1.58. The van der Waals surface area contributed by atoms with E-state index in [9.17, 15) is 17.6 Å². The molecule has 4 rings (SSSR count). The van der Waals surface area contributed by atoms with E-state index in [0.29, 0.717) is 16.9 Å². The maximum Gasteiger partial charge on any atom is 0.264 e. The smallest absolute Gasteiger partial charge is 0.264 e. The fourth-order valence-corrected chi connectivity index (χ4v) is 5.91. The molecule has 1 N–H and O–H groups in total. The van der Waals surface area contributed by atoms with E-state index >= 15 is 0 Å². The molecule has 0 aliphatic heterocycles. The molecule has 1 aromatic heterocycles. The number of benzene rings is 3. The van der Waals surface area contributed by atoms with Gasteiger partial charge in [0.25, 0.3) is 15.9 Å². The zero-order valence-electron chi connectivity index (χ0n) is 22.6. The number of hydrogen-bond donors (Lipinski definition) is 1. The van der Waals surface area contributed by atoms with Crippen molar-refractivity contribution in [3.8, 4) is 5.69 Å². The number of anilines is 1. The van der Waals surface area contributed by atoms with Crippen LogP contribution < -0.4 is 9.73 Å². The van der Waals surface area contributed by atoms with Crippen molar-refractivity contribution < 1.29 is 17.6 Å². The number of sulfonamides is 1. The summed E-state index contributed by atoms with van der Waals surface area (Å²) in [5.41, 5.74) is 8.15. The Morgan fingerprint density at radius 3 is 2.21 bits per heavy atom. The van der Waals surface area contributed by atoms with Crippen molar-refractivity contribution in [2.24, 2.45) is 5.10 Å². The second-order valence-corrected chi connectivity index (χ2v) is 11.4. The molecule has 7 nitrogen and oxygen atoms in total. The van der Waals surface area contributed by atoms with E-state index in [1.807, 2.05) is 46.8 Å². The zero-order valence-corrected chi connectivity index (χ0v) is 23.4. The van der Waals surface area contributed by atoms with Crippen molar-refractivity contribution >= 4 is 27.8 Å². The summed E-state index contributed by atoms with van der Waals surface area (Å²) in [6.45, 7) is 8.83. The van der Waals surface area contributed by atoms with Gasteiger partial charge in [-0.1, -0.05) is 35.9 Å². The fourth-order valence-electron chi connectivity index (χ4n) is 4.51. The summed E-state index contributed by atoms with van der Waals surface area (Å²) in [6, 6.07) is 20.2. The van der Waals surface area contributed by atoms with Gasteiger partial charge in [-0.15, -0.1) is 0 Å². The van der Waals surface area contributed by atoms with Gasteiger partial charge < -0.3 is 4.57 Å². The predicted molar refractivity (Wildman–Crippen MR) is 153 cm³/mol. The summed E-state index contributed by atoms with van der Waals surface area (Å²) >= 11 is 0. The minimum Gasteiger partial charge on any atom is -0.315 e. The molecule has 0 saturated carbocycles. The number of carbonyl (C=O) groups is 1. The molecule has 3 aromatic carbocycles. The Morgan fingerprint density at radius 1 is 0.923 bits per heavy atom. The number of rotatable bonds is 8. The van der Waals surface area contributed by atoms with Gasteiger partial charge in [0.1, 0.15) is 12.4 Å². The van der Waals surface area contributed by atoms with Crippen LogP contribution in [0.1, 0.15) is 33.6 Å². The molecule has 4 aromatic rings. The standard InChI is InChI=1S/C30H31FN4O3S/c1-20-10-12-27(13-11-20)39(37,38)34(26-15-21(2)14-22(3)16-26)19-30(36)33-32-18-25-17-23(4)35(24(25)5)29-9-7-6-8-28(29)31/h6-18H,19H2,1-5H3,(H,33,36)/b32-18-. The number of aromatic nitrogens is 1. The quantitative estimate of drug-likeness (QED) is 0.234. The second kappa shape index (κ2) is 11.2. The van der Waals surface area contributed by atoms with Crippen molar-refractivity contribution in [2.45, 2.75) is 39.5 Å². The maximum atomic E-state index is 14.4. The topological polar surface area (TPSA) is 83.8 Å². The average Bonchev–Trinajstić information content (AvgIpc) is 3.15. The van der Waals surface area contributed by atoms with Crippen molar-refractivity contribution in [2.75, 3.05) is 10.8 Å². The van der Waals surface area contributed by atoms with Crippen molar-refractivity contribution in [3.05, 3.63) is 112 Å². The van der Waals surface area contributed by atoms with Crippen molar-refractivity contribution in [1.29, 1.82) is 0 Å². The molecule has 0 saturated heterocycles. The van der Waals surface area contributed by atoms with Crippen LogP contribution in [0.3, 0.4) is 0 Å². The molecule has 0 fully saturated rings. The zero-order chi connectivity index (χ0) is 28.3. The Hall–Kier alpha value is -4.24. The SMILES string of the molecule is Cc1ccc(S(=O)(=O)N(CC(=O)N/N=C\c2cc(C)n(-c3ccccc3F)c2C)c2cc(C)cc(C)c2)cc1. The predicted octanol–water partition coefficient (Wildman–Crippen LogP) is 5.50. The van der Waals surface area contributed by atoms with Crippen molar-refractivity contribution in [1.82, 2.24) is 9.99 Å². The summed E-state index contributed by atoms with van der Waals surface area (Å²) < 4.78 is 44.5. The number of nitrogens with zero attached hydrogens (tertiary/aromatic N) is 3. The third kappa shape index (κ3) is 6.09. The third-order valence-corrected chi connectivity index (χ3v) is 8.14. The maximum absolute atomic E-state index is 14.4. The molecular weight excluding hydrogens is 515 g/mol. The molecule has 202 valence electrons. The molecule has 1 heterocycles. The highest BCUT2D eigenvalue weighted by molar-refractivity contribution is 7.92. The molecule has 1 amide bonds. The first-order valence-electron chi connectivity index (χ1n) is 12.4. The highest BCUT2D eigenvalue weighted by atomic mass is 32.2.